The van der Waals surface area contributed by atoms with Crippen LogP contribution in [0, 0.1) is 0 Å². The van der Waals surface area contributed by atoms with E-state index in [1.165, 1.54) is 0 Å². The number of rotatable bonds is 7. The van der Waals surface area contributed by atoms with E-state index in [1.54, 1.807) is 28.6 Å². The molecule has 0 N–H and O–H groups in total. The first-order valence-corrected chi connectivity index (χ1v) is 12.2. The van der Waals surface area contributed by atoms with Crippen molar-refractivity contribution < 1.29 is 22.5 Å². The smallest absolute Gasteiger partial charge is 0.306 e. The third-order valence-electron chi connectivity index (χ3n) is 5.24. The number of aryl methyl sites for hydroxylation is 1. The van der Waals surface area contributed by atoms with Gasteiger partial charge in [0.05, 0.1) is 4.90 Å². The largest absolute Gasteiger partial charge is 0.456 e. The molecule has 9 heteroatoms. The summed E-state index contributed by atoms with van der Waals surface area (Å²) >= 11 is 0. The molecule has 0 saturated carbocycles. The lowest BCUT2D eigenvalue weighted by molar-refractivity contribution is -0.145. The molecular weight excluding hydrogens is 418 g/mol. The van der Waals surface area contributed by atoms with Crippen LogP contribution in [-0.4, -0.2) is 41.9 Å². The molecule has 1 aliphatic rings. The lowest BCUT2D eigenvalue weighted by atomic mass is 9.96. The van der Waals surface area contributed by atoms with E-state index < -0.39 is 10.0 Å². The maximum Gasteiger partial charge on any atom is 0.306 e. The van der Waals surface area contributed by atoms with E-state index in [4.69, 9.17) is 9.26 Å². The second-order valence-corrected chi connectivity index (χ2v) is 10.8. The minimum Gasteiger partial charge on any atom is -0.456 e. The van der Waals surface area contributed by atoms with Crippen molar-refractivity contribution in [1.29, 1.82) is 0 Å². The predicted octanol–water partition coefficient (Wildman–Crippen LogP) is 3.61. The summed E-state index contributed by atoms with van der Waals surface area (Å²) in [5, 5.41) is 3.90. The summed E-state index contributed by atoms with van der Waals surface area (Å²) in [5.41, 5.74) is 0.637. The van der Waals surface area contributed by atoms with Crippen molar-refractivity contribution in [3.63, 3.8) is 0 Å². The highest BCUT2D eigenvalue weighted by Crippen LogP contribution is 2.21. The molecular formula is C22H31N3O5S. The molecule has 1 aromatic heterocycles. The first-order chi connectivity index (χ1) is 14.7. The summed E-state index contributed by atoms with van der Waals surface area (Å²) in [5.74, 6) is 0.451. The average Bonchev–Trinajstić information content (AvgIpc) is 3.05. The number of hydrogen-bond acceptors (Lipinski definition) is 7. The zero-order valence-electron chi connectivity index (χ0n) is 18.5. The number of nitrogens with zero attached hydrogens (tertiary/aromatic N) is 3. The molecule has 31 heavy (non-hydrogen) atoms. The normalized spacial score (nSPS) is 16.1. The molecule has 0 radical (unpaired) electrons. The van der Waals surface area contributed by atoms with Gasteiger partial charge in [-0.3, -0.25) is 4.79 Å². The van der Waals surface area contributed by atoms with Gasteiger partial charge in [-0.2, -0.15) is 9.29 Å². The maximum absolute atomic E-state index is 12.8. The second-order valence-electron chi connectivity index (χ2n) is 8.88. The summed E-state index contributed by atoms with van der Waals surface area (Å²) in [6, 6.07) is 6.75. The van der Waals surface area contributed by atoms with Crippen LogP contribution in [-0.2, 0) is 38.0 Å². The van der Waals surface area contributed by atoms with Crippen LogP contribution >= 0.6 is 0 Å². The molecule has 0 aliphatic carbocycles. The Morgan fingerprint density at radius 3 is 2.32 bits per heavy atom. The summed E-state index contributed by atoms with van der Waals surface area (Å²) in [6.07, 6.45) is 4.59. The molecule has 2 aromatic rings. The zero-order valence-corrected chi connectivity index (χ0v) is 19.3. The Labute approximate surface area is 184 Å². The van der Waals surface area contributed by atoms with Crippen LogP contribution in [0.1, 0.15) is 70.2 Å². The van der Waals surface area contributed by atoms with E-state index in [-0.39, 0.29) is 30.3 Å². The third-order valence-corrected chi connectivity index (χ3v) is 7.15. The van der Waals surface area contributed by atoms with E-state index >= 15 is 0 Å². The van der Waals surface area contributed by atoms with Crippen LogP contribution in [0.25, 0.3) is 0 Å². The van der Waals surface area contributed by atoms with Crippen LogP contribution in [0.15, 0.2) is 33.7 Å². The SMILES string of the molecule is CC(C)(C)c1noc(COC(=O)CCc2ccc(S(=O)(=O)N3CCCCCC3)cc2)n1. The Balaban J connectivity index is 1.49. The lowest BCUT2D eigenvalue weighted by Gasteiger charge is -2.20. The van der Waals surface area contributed by atoms with Gasteiger partial charge in [-0.15, -0.1) is 0 Å². The van der Waals surface area contributed by atoms with Crippen molar-refractivity contribution >= 4 is 16.0 Å². The molecule has 8 nitrogen and oxygen atoms in total. The van der Waals surface area contributed by atoms with Gasteiger partial charge in [0.1, 0.15) is 0 Å². The first kappa shape index (κ1) is 23.4. The van der Waals surface area contributed by atoms with E-state index in [0.29, 0.717) is 30.2 Å². The molecule has 3 rings (SSSR count). The molecule has 0 atom stereocenters. The van der Waals surface area contributed by atoms with Gasteiger partial charge in [0.15, 0.2) is 12.4 Å². The number of esters is 1. The third kappa shape index (κ3) is 6.36. The van der Waals surface area contributed by atoms with Crippen molar-refractivity contribution in [2.75, 3.05) is 13.1 Å². The van der Waals surface area contributed by atoms with E-state index in [9.17, 15) is 13.2 Å². The zero-order chi connectivity index (χ0) is 22.5. The molecule has 0 bridgehead atoms. The van der Waals surface area contributed by atoms with E-state index in [0.717, 1.165) is 31.2 Å². The van der Waals surface area contributed by atoms with Gasteiger partial charge >= 0.3 is 5.97 Å². The summed E-state index contributed by atoms with van der Waals surface area (Å²) in [6.45, 7) is 7.00. The number of sulfonamides is 1. The van der Waals surface area contributed by atoms with Crippen LogP contribution in [0.4, 0.5) is 0 Å². The van der Waals surface area contributed by atoms with Crippen LogP contribution in [0.5, 0.6) is 0 Å². The van der Waals surface area contributed by atoms with Gasteiger partial charge in [0.2, 0.25) is 10.0 Å². The minimum atomic E-state index is -3.46. The predicted molar refractivity (Wildman–Crippen MR) is 115 cm³/mol. The van der Waals surface area contributed by atoms with Crippen molar-refractivity contribution in [3.05, 3.63) is 41.5 Å². The monoisotopic (exact) mass is 449 g/mol. The highest BCUT2D eigenvalue weighted by Gasteiger charge is 2.25. The molecule has 1 aliphatic heterocycles. The van der Waals surface area contributed by atoms with Crippen LogP contribution in [0.2, 0.25) is 0 Å². The molecule has 0 unspecified atom stereocenters. The molecule has 2 heterocycles. The van der Waals surface area contributed by atoms with Gasteiger partial charge in [-0.05, 0) is 37.0 Å². The van der Waals surface area contributed by atoms with Gasteiger partial charge in [0, 0.05) is 24.9 Å². The number of ether oxygens (including phenoxy) is 1. The molecule has 0 spiro atoms. The first-order valence-electron chi connectivity index (χ1n) is 10.7. The topological polar surface area (TPSA) is 103 Å². The molecule has 0 amide bonds. The van der Waals surface area contributed by atoms with Gasteiger partial charge in [-0.25, -0.2) is 8.42 Å². The van der Waals surface area contributed by atoms with Gasteiger partial charge in [0.25, 0.3) is 5.89 Å². The van der Waals surface area contributed by atoms with E-state index in [2.05, 4.69) is 10.1 Å². The standard InChI is InChI=1S/C22H31N3O5S/c1-22(2,3)21-23-19(30-24-21)16-29-20(26)13-10-17-8-11-18(12-9-17)31(27,28)25-14-6-4-5-7-15-25/h8-9,11-12H,4-7,10,13-16H2,1-3H3. The van der Waals surface area contributed by atoms with Gasteiger partial charge < -0.3 is 9.26 Å². The summed E-state index contributed by atoms with van der Waals surface area (Å²) < 4.78 is 37.6. The minimum absolute atomic E-state index is 0.0606. The Morgan fingerprint density at radius 1 is 1.10 bits per heavy atom. The molecule has 1 aromatic carbocycles. The highest BCUT2D eigenvalue weighted by atomic mass is 32.2. The van der Waals surface area contributed by atoms with Gasteiger partial charge in [-0.1, -0.05) is 50.9 Å². The Bertz CT molecular complexity index is 969. The number of carbonyl (C=O) groups excluding carboxylic acids is 1. The fourth-order valence-electron chi connectivity index (χ4n) is 3.34. The Hall–Kier alpha value is -2.26. The molecule has 1 saturated heterocycles. The Morgan fingerprint density at radius 2 is 1.74 bits per heavy atom. The number of aromatic nitrogens is 2. The average molecular weight is 450 g/mol. The van der Waals surface area contributed by atoms with E-state index in [1.807, 2.05) is 20.8 Å². The maximum atomic E-state index is 12.8. The number of carbonyl (C=O) groups is 1. The van der Waals surface area contributed by atoms with Crippen LogP contribution < -0.4 is 0 Å². The number of benzene rings is 1. The Kier molecular flexibility index (Phi) is 7.48. The van der Waals surface area contributed by atoms with Crippen molar-refractivity contribution in [2.45, 2.75) is 76.2 Å². The highest BCUT2D eigenvalue weighted by molar-refractivity contribution is 7.89. The fraction of sp³-hybridized carbons (Fsp3) is 0.591. The second kappa shape index (κ2) is 9.91. The fourth-order valence-corrected chi connectivity index (χ4v) is 4.86. The quantitative estimate of drug-likeness (QED) is 0.595. The summed E-state index contributed by atoms with van der Waals surface area (Å²) in [7, 11) is -3.46. The molecule has 1 fully saturated rings. The van der Waals surface area contributed by atoms with Crippen molar-refractivity contribution in [1.82, 2.24) is 14.4 Å². The van der Waals surface area contributed by atoms with Crippen molar-refractivity contribution in [3.8, 4) is 0 Å². The van der Waals surface area contributed by atoms with Crippen molar-refractivity contribution in [2.24, 2.45) is 0 Å². The van der Waals surface area contributed by atoms with Crippen LogP contribution in [0.3, 0.4) is 0 Å². The molecule has 170 valence electrons. The summed E-state index contributed by atoms with van der Waals surface area (Å²) in [4.78, 5) is 16.6. The number of hydrogen-bond donors (Lipinski definition) is 0. The lowest BCUT2D eigenvalue weighted by Crippen LogP contribution is -2.31.